The Morgan fingerprint density at radius 1 is 1.33 bits per heavy atom. The molecule has 2 aromatic heterocycles. The molecule has 0 aromatic carbocycles. The average molecular weight is 423 g/mol. The van der Waals surface area contributed by atoms with Crippen LogP contribution in [0.4, 0.5) is 10.6 Å². The maximum atomic E-state index is 11.4. The van der Waals surface area contributed by atoms with Gasteiger partial charge in [0.1, 0.15) is 30.2 Å². The van der Waals surface area contributed by atoms with Crippen LogP contribution >= 0.6 is 0 Å². The molecule has 3 heterocycles. The van der Waals surface area contributed by atoms with Crippen LogP contribution in [0.25, 0.3) is 11.2 Å². The van der Waals surface area contributed by atoms with E-state index >= 15 is 0 Å². The Hall–Kier alpha value is -2.94. The third-order valence-corrected chi connectivity index (χ3v) is 4.90. The van der Waals surface area contributed by atoms with Crippen LogP contribution in [0.1, 0.15) is 12.6 Å². The van der Waals surface area contributed by atoms with E-state index < -0.39 is 30.6 Å². The van der Waals surface area contributed by atoms with Crippen LogP contribution in [0.3, 0.4) is 0 Å². The number of ether oxygens (including phenoxy) is 1. The van der Waals surface area contributed by atoms with E-state index in [2.05, 4.69) is 25.6 Å². The number of aromatic nitrogens is 4. The number of nitrogens with one attached hydrogen (secondary N) is 1. The average Bonchev–Trinajstić information content (AvgIpc) is 3.28. The molecule has 1 aliphatic heterocycles. The van der Waals surface area contributed by atoms with E-state index in [-0.39, 0.29) is 5.82 Å². The van der Waals surface area contributed by atoms with Crippen LogP contribution in [0.15, 0.2) is 17.9 Å². The van der Waals surface area contributed by atoms with Crippen molar-refractivity contribution in [1.29, 1.82) is 0 Å². The molecule has 2 amide bonds. The summed E-state index contributed by atoms with van der Waals surface area (Å²) in [6.07, 6.45) is -0.470. The van der Waals surface area contributed by atoms with Crippen molar-refractivity contribution in [2.45, 2.75) is 31.0 Å². The van der Waals surface area contributed by atoms with Gasteiger partial charge < -0.3 is 30.9 Å². The van der Waals surface area contributed by atoms with Crippen molar-refractivity contribution in [2.75, 3.05) is 39.5 Å². The van der Waals surface area contributed by atoms with E-state index in [1.165, 1.54) is 24.3 Å². The summed E-state index contributed by atoms with van der Waals surface area (Å²) in [6, 6.07) is -0.579. The first kappa shape index (κ1) is 21.8. The molecule has 164 valence electrons. The van der Waals surface area contributed by atoms with Crippen LogP contribution in [-0.4, -0.2) is 97.7 Å². The zero-order valence-electron chi connectivity index (χ0n) is 16.6. The van der Waals surface area contributed by atoms with E-state index in [0.717, 1.165) is 0 Å². The highest BCUT2D eigenvalue weighted by Gasteiger charge is 2.44. The Kier molecular flexibility index (Phi) is 6.71. The smallest absolute Gasteiger partial charge is 0.340 e. The molecule has 5 N–H and O–H groups in total. The number of fused-ring (bicyclic) bond motifs is 1. The number of imidazole rings is 1. The summed E-state index contributed by atoms with van der Waals surface area (Å²) in [5, 5.41) is 26.7. The maximum absolute atomic E-state index is 11.4. The number of aliphatic hydroxyl groups excluding tert-OH is 2. The first-order chi connectivity index (χ1) is 14.3. The quantitative estimate of drug-likeness (QED) is 0.225. The number of carbonyl (C=O) groups is 1. The lowest BCUT2D eigenvalue weighted by molar-refractivity contribution is -0.0422. The number of amides is 2. The van der Waals surface area contributed by atoms with Gasteiger partial charge in [-0.2, -0.15) is 5.01 Å². The number of nitrogens with two attached hydrogens (primary N) is 1. The Morgan fingerprint density at radius 2 is 2.10 bits per heavy atom. The fourth-order valence-electron chi connectivity index (χ4n) is 3.26. The molecule has 2 aromatic rings. The van der Waals surface area contributed by atoms with Gasteiger partial charge in [0.25, 0.3) is 0 Å². The monoisotopic (exact) mass is 423 g/mol. The zero-order valence-corrected chi connectivity index (χ0v) is 16.6. The van der Waals surface area contributed by atoms with Crippen LogP contribution in [0.5, 0.6) is 0 Å². The third kappa shape index (κ3) is 4.46. The lowest BCUT2D eigenvalue weighted by Crippen LogP contribution is -2.40. The normalized spacial score (nSPS) is 23.8. The summed E-state index contributed by atoms with van der Waals surface area (Å²) in [5.41, 5.74) is 6.58. The van der Waals surface area contributed by atoms with Gasteiger partial charge in [0.15, 0.2) is 17.7 Å². The summed E-state index contributed by atoms with van der Waals surface area (Å²) < 4.78 is 7.42. The number of aliphatic hydroxyl groups is 2. The fourth-order valence-corrected chi connectivity index (χ4v) is 3.26. The Balaban J connectivity index is 1.54. The second-order valence-corrected chi connectivity index (χ2v) is 7.08. The van der Waals surface area contributed by atoms with Crippen LogP contribution in [-0.2, 0) is 4.74 Å². The van der Waals surface area contributed by atoms with Crippen molar-refractivity contribution >= 4 is 23.0 Å². The summed E-state index contributed by atoms with van der Waals surface area (Å²) in [5.74, 6) is 0.213. The van der Waals surface area contributed by atoms with E-state index in [1.54, 1.807) is 0 Å². The number of urea groups is 1. The number of likely N-dealkylation sites (N-methyl/N-ethyl adjacent to an activating group) is 1. The van der Waals surface area contributed by atoms with Crippen molar-refractivity contribution in [3.8, 4) is 0 Å². The first-order valence-electron chi connectivity index (χ1n) is 9.31. The van der Waals surface area contributed by atoms with Crippen molar-refractivity contribution in [3.63, 3.8) is 0 Å². The van der Waals surface area contributed by atoms with E-state index in [9.17, 15) is 19.9 Å². The van der Waals surface area contributed by atoms with Gasteiger partial charge in [-0.3, -0.25) is 4.57 Å². The van der Waals surface area contributed by atoms with Gasteiger partial charge in [-0.05, 0) is 20.0 Å². The number of nitroso groups, excluding NO2 is 1. The number of rotatable bonds is 8. The van der Waals surface area contributed by atoms with E-state index in [1.807, 2.05) is 11.9 Å². The van der Waals surface area contributed by atoms with Gasteiger partial charge in [-0.15, -0.1) is 4.91 Å². The molecule has 0 radical (unpaired) electrons. The molecule has 3 rings (SSSR count). The zero-order chi connectivity index (χ0) is 21.8. The molecule has 0 spiro atoms. The van der Waals surface area contributed by atoms with Crippen molar-refractivity contribution in [1.82, 2.24) is 34.7 Å². The van der Waals surface area contributed by atoms with Gasteiger partial charge in [0, 0.05) is 20.1 Å². The number of hydrogen-bond donors (Lipinski definition) is 4. The second kappa shape index (κ2) is 9.25. The summed E-state index contributed by atoms with van der Waals surface area (Å²) >= 11 is 0. The third-order valence-electron chi connectivity index (χ3n) is 4.90. The molecular weight excluding hydrogens is 398 g/mol. The van der Waals surface area contributed by atoms with Gasteiger partial charge >= 0.3 is 6.03 Å². The van der Waals surface area contributed by atoms with Crippen LogP contribution in [0.2, 0.25) is 0 Å². The molecule has 1 fully saturated rings. The van der Waals surface area contributed by atoms with Gasteiger partial charge in [0.05, 0.1) is 11.6 Å². The minimum atomic E-state index is -1.18. The molecule has 14 heteroatoms. The fraction of sp³-hybridized carbons (Fsp3) is 0.625. The van der Waals surface area contributed by atoms with Crippen molar-refractivity contribution in [2.24, 2.45) is 5.29 Å². The highest BCUT2D eigenvalue weighted by molar-refractivity contribution is 5.81. The summed E-state index contributed by atoms with van der Waals surface area (Å²) in [6.45, 7) is 1.29. The SMILES string of the molecule is CN(CCCNC(=O)N(C)N=O)C[C@H]1O[C@@H](n2cnc3c(N)ncnc32)C(O)C1O. The minimum Gasteiger partial charge on any atom is -0.387 e. The molecule has 0 aliphatic carbocycles. The highest BCUT2D eigenvalue weighted by atomic mass is 16.6. The van der Waals surface area contributed by atoms with Gasteiger partial charge in [-0.25, -0.2) is 19.7 Å². The lowest BCUT2D eigenvalue weighted by Gasteiger charge is -2.22. The van der Waals surface area contributed by atoms with Crippen LogP contribution < -0.4 is 11.1 Å². The van der Waals surface area contributed by atoms with Crippen LogP contribution in [0, 0.1) is 4.91 Å². The molecule has 1 aliphatic rings. The van der Waals surface area contributed by atoms with Gasteiger partial charge in [0.2, 0.25) is 0 Å². The number of hydrogen-bond acceptors (Lipinski definition) is 11. The highest BCUT2D eigenvalue weighted by Crippen LogP contribution is 2.32. The summed E-state index contributed by atoms with van der Waals surface area (Å²) in [7, 11) is 3.09. The molecular formula is C16H25N9O5. The van der Waals surface area contributed by atoms with Crippen molar-refractivity contribution < 1.29 is 19.7 Å². The molecule has 1 saturated heterocycles. The molecule has 2 unspecified atom stereocenters. The topological polar surface area (TPSA) is 184 Å². The van der Waals surface area contributed by atoms with E-state index in [4.69, 9.17) is 10.5 Å². The predicted octanol–water partition coefficient (Wildman–Crippen LogP) is -1.33. The molecule has 14 nitrogen and oxygen atoms in total. The maximum Gasteiger partial charge on any atom is 0.340 e. The number of nitrogen functional groups attached to an aromatic ring is 1. The standard InChI is InChI=1S/C16H25N9O5/c1-23(5-3-4-18-16(28)24(2)22-29)6-9-11(26)12(27)15(30-9)25-8-21-10-13(17)19-7-20-14(10)25/h7-9,11-12,15,26-27H,3-6H2,1-2H3,(H,18,28)(H2,17,19,20)/t9-,11?,12?,15-/m1/s1. The van der Waals surface area contributed by atoms with Crippen molar-refractivity contribution in [3.05, 3.63) is 17.6 Å². The Bertz CT molecular complexity index is 893. The van der Waals surface area contributed by atoms with E-state index in [0.29, 0.717) is 42.2 Å². The largest absolute Gasteiger partial charge is 0.387 e. The molecule has 0 saturated carbocycles. The predicted molar refractivity (Wildman–Crippen MR) is 105 cm³/mol. The Morgan fingerprint density at radius 3 is 2.83 bits per heavy atom. The first-order valence-corrected chi connectivity index (χ1v) is 9.31. The molecule has 30 heavy (non-hydrogen) atoms. The second-order valence-electron chi connectivity index (χ2n) is 7.08. The number of nitrogens with zero attached hydrogens (tertiary/aromatic N) is 7. The lowest BCUT2D eigenvalue weighted by atomic mass is 10.1. The minimum absolute atomic E-state index is 0.213. The van der Waals surface area contributed by atoms with Gasteiger partial charge in [-0.1, -0.05) is 0 Å². The number of anilines is 1. The number of carbonyl (C=O) groups excluding carboxylic acids is 1. The molecule has 4 atom stereocenters. The summed E-state index contributed by atoms with van der Waals surface area (Å²) in [4.78, 5) is 35.8. The molecule has 0 bridgehead atoms. The Labute approximate surface area is 171 Å².